The zero-order valence-corrected chi connectivity index (χ0v) is 19.0. The van der Waals surface area contributed by atoms with Crippen LogP contribution in [0.2, 0.25) is 0 Å². The molecule has 4 aliphatic carbocycles. The van der Waals surface area contributed by atoms with Crippen LogP contribution in [0.3, 0.4) is 0 Å². The molecule has 6 heteroatoms. The average Bonchev–Trinajstić information content (AvgIpc) is 3.07. The molecule has 8 atom stereocenters. The second-order valence-electron chi connectivity index (χ2n) is 10.5. The van der Waals surface area contributed by atoms with Crippen LogP contribution >= 0.6 is 0 Å². The fourth-order valence-electron chi connectivity index (χ4n) is 7.34. The van der Waals surface area contributed by atoms with Gasteiger partial charge in [-0.15, -0.1) is 0 Å². The van der Waals surface area contributed by atoms with Crippen molar-refractivity contribution in [1.29, 1.82) is 0 Å². The number of ether oxygens (including phenoxy) is 1. The molecular weight excluding hydrogens is 394 g/mol. The molecule has 0 radical (unpaired) electrons. The molecule has 0 saturated heterocycles. The van der Waals surface area contributed by atoms with Gasteiger partial charge in [-0.2, -0.15) is 0 Å². The number of hydrogen-bond acceptors (Lipinski definition) is 6. The van der Waals surface area contributed by atoms with Crippen molar-refractivity contribution < 1.29 is 24.2 Å². The maximum atomic E-state index is 13.1. The zero-order valence-electron chi connectivity index (χ0n) is 19.0. The van der Waals surface area contributed by atoms with E-state index in [1.165, 1.54) is 0 Å². The molecular formula is C25H35NO5. The van der Waals surface area contributed by atoms with Gasteiger partial charge < -0.3 is 15.2 Å². The Bertz CT molecular complexity index is 847. The van der Waals surface area contributed by atoms with Crippen molar-refractivity contribution >= 4 is 17.5 Å². The van der Waals surface area contributed by atoms with Gasteiger partial charge in [0.15, 0.2) is 11.6 Å². The van der Waals surface area contributed by atoms with Gasteiger partial charge in [0.2, 0.25) is 0 Å². The van der Waals surface area contributed by atoms with E-state index in [9.17, 15) is 19.5 Å². The van der Waals surface area contributed by atoms with Crippen LogP contribution in [0.1, 0.15) is 52.9 Å². The first-order chi connectivity index (χ1) is 14.6. The molecule has 3 unspecified atom stereocenters. The minimum Gasteiger partial charge on any atom is -0.457 e. The van der Waals surface area contributed by atoms with Crippen LogP contribution in [0.4, 0.5) is 0 Å². The molecule has 0 aliphatic heterocycles. The van der Waals surface area contributed by atoms with Crippen molar-refractivity contribution in [2.45, 2.75) is 65.0 Å². The van der Waals surface area contributed by atoms with Crippen molar-refractivity contribution in [3.8, 4) is 0 Å². The van der Waals surface area contributed by atoms with Gasteiger partial charge in [-0.05, 0) is 75.5 Å². The SMILES string of the molecule is CNC(C)C(=O)OCC(=O)[C@H]1CCC2[C@@H]3CCC4=CC(=O)C=C[C@]4(C)C3[C@@H](O)C[C@@]21C. The normalized spacial score (nSPS) is 42.2. The second-order valence-corrected chi connectivity index (χ2v) is 10.5. The lowest BCUT2D eigenvalue weighted by molar-refractivity contribution is -0.154. The Balaban J connectivity index is 1.53. The number of fused-ring (bicyclic) bond motifs is 5. The number of rotatable bonds is 5. The smallest absolute Gasteiger partial charge is 0.323 e. The van der Waals surface area contributed by atoms with Gasteiger partial charge in [0.1, 0.15) is 12.6 Å². The number of allylic oxidation sites excluding steroid dienone is 4. The Morgan fingerprint density at radius 1 is 1.29 bits per heavy atom. The fourth-order valence-corrected chi connectivity index (χ4v) is 7.34. The summed E-state index contributed by atoms with van der Waals surface area (Å²) in [6.07, 6.45) is 9.01. The number of carbonyl (C=O) groups is 3. The first kappa shape index (κ1) is 22.4. The summed E-state index contributed by atoms with van der Waals surface area (Å²) in [4.78, 5) is 37.0. The molecule has 2 N–H and O–H groups in total. The van der Waals surface area contributed by atoms with Crippen molar-refractivity contribution in [1.82, 2.24) is 5.32 Å². The lowest BCUT2D eigenvalue weighted by Crippen LogP contribution is -2.56. The van der Waals surface area contributed by atoms with Crippen LogP contribution in [0, 0.1) is 34.5 Å². The molecule has 0 spiro atoms. The van der Waals surface area contributed by atoms with E-state index in [0.717, 1.165) is 31.3 Å². The van der Waals surface area contributed by atoms with E-state index in [-0.39, 0.29) is 40.8 Å². The molecule has 0 aromatic carbocycles. The lowest BCUT2D eigenvalue weighted by atomic mass is 9.46. The largest absolute Gasteiger partial charge is 0.457 e. The third-order valence-electron chi connectivity index (χ3n) is 9.02. The standard InChI is InChI=1S/C25H35NO5/c1-14(26-4)23(30)31-13-21(29)19-8-7-18-17-6-5-15-11-16(27)9-10-24(15,2)22(17)20(28)12-25(18,19)3/h9-11,14,17-20,22,26,28H,5-8,12-13H2,1-4H3/t14?,17-,18?,19+,20-,22?,24-,25-/m0/s1. The van der Waals surface area contributed by atoms with Crippen LogP contribution in [0.15, 0.2) is 23.8 Å². The number of ketones is 2. The number of Topliss-reactive ketones (excluding diaryl/α,β-unsaturated/α-hetero) is 1. The first-order valence-corrected chi connectivity index (χ1v) is 11.6. The molecule has 0 heterocycles. The second kappa shape index (κ2) is 7.96. The fraction of sp³-hybridized carbons (Fsp3) is 0.720. The molecule has 3 fully saturated rings. The summed E-state index contributed by atoms with van der Waals surface area (Å²) in [5.41, 5.74) is 0.559. The van der Waals surface area contributed by atoms with Gasteiger partial charge in [-0.25, -0.2) is 0 Å². The molecule has 0 aromatic rings. The summed E-state index contributed by atoms with van der Waals surface area (Å²) in [6.45, 7) is 5.82. The molecule has 0 bridgehead atoms. The molecule has 3 saturated carbocycles. The van der Waals surface area contributed by atoms with E-state index in [1.54, 1.807) is 26.1 Å². The number of hydrogen-bond donors (Lipinski definition) is 2. The minimum atomic E-state index is -0.530. The van der Waals surface area contributed by atoms with E-state index in [1.807, 2.05) is 6.08 Å². The quantitative estimate of drug-likeness (QED) is 0.653. The number of esters is 1. The molecule has 6 nitrogen and oxygen atoms in total. The Hall–Kier alpha value is -1.79. The van der Waals surface area contributed by atoms with Crippen LogP contribution in [-0.2, 0) is 19.1 Å². The van der Waals surface area contributed by atoms with Crippen molar-refractivity contribution in [3.63, 3.8) is 0 Å². The van der Waals surface area contributed by atoms with Gasteiger partial charge in [0.05, 0.1) is 6.10 Å². The third-order valence-corrected chi connectivity index (χ3v) is 9.02. The first-order valence-electron chi connectivity index (χ1n) is 11.6. The highest BCUT2D eigenvalue weighted by atomic mass is 16.5. The van der Waals surface area contributed by atoms with Gasteiger partial charge in [0, 0.05) is 17.3 Å². The molecule has 0 amide bonds. The predicted molar refractivity (Wildman–Crippen MR) is 116 cm³/mol. The minimum absolute atomic E-state index is 0.0296. The van der Waals surface area contributed by atoms with E-state index >= 15 is 0 Å². The summed E-state index contributed by atoms with van der Waals surface area (Å²) in [5, 5.41) is 14.2. The Labute approximate surface area is 184 Å². The van der Waals surface area contributed by atoms with Crippen LogP contribution in [0.25, 0.3) is 0 Å². The van der Waals surface area contributed by atoms with Crippen LogP contribution in [0.5, 0.6) is 0 Å². The highest BCUT2D eigenvalue weighted by molar-refractivity contribution is 6.01. The summed E-state index contributed by atoms with van der Waals surface area (Å²) in [6, 6.07) is -0.447. The van der Waals surface area contributed by atoms with E-state index in [4.69, 9.17) is 4.74 Å². The van der Waals surface area contributed by atoms with Gasteiger partial charge in [-0.3, -0.25) is 14.4 Å². The topological polar surface area (TPSA) is 92.7 Å². The van der Waals surface area contributed by atoms with E-state index in [2.05, 4.69) is 19.2 Å². The van der Waals surface area contributed by atoms with Gasteiger partial charge >= 0.3 is 5.97 Å². The summed E-state index contributed by atoms with van der Waals surface area (Å²) in [5.74, 6) is 0.131. The highest BCUT2D eigenvalue weighted by Gasteiger charge is 2.62. The molecule has 4 rings (SSSR count). The molecule has 4 aliphatic rings. The molecule has 31 heavy (non-hydrogen) atoms. The third kappa shape index (κ3) is 3.52. The Morgan fingerprint density at radius 3 is 2.74 bits per heavy atom. The highest BCUT2D eigenvalue weighted by Crippen LogP contribution is 2.66. The predicted octanol–water partition coefficient (Wildman–Crippen LogP) is 2.60. The zero-order chi connectivity index (χ0) is 22.6. The number of aliphatic hydroxyl groups excluding tert-OH is 1. The van der Waals surface area contributed by atoms with Crippen LogP contribution in [-0.4, -0.2) is 48.4 Å². The van der Waals surface area contributed by atoms with Gasteiger partial charge in [-0.1, -0.05) is 25.5 Å². The lowest BCUT2D eigenvalue weighted by Gasteiger charge is -2.58. The Morgan fingerprint density at radius 2 is 2.03 bits per heavy atom. The van der Waals surface area contributed by atoms with Crippen molar-refractivity contribution in [2.24, 2.45) is 34.5 Å². The molecule has 170 valence electrons. The van der Waals surface area contributed by atoms with E-state index in [0.29, 0.717) is 18.3 Å². The average molecular weight is 430 g/mol. The maximum Gasteiger partial charge on any atom is 0.323 e. The maximum absolute atomic E-state index is 13.1. The number of nitrogens with one attached hydrogen (secondary N) is 1. The van der Waals surface area contributed by atoms with Gasteiger partial charge in [0.25, 0.3) is 0 Å². The number of likely N-dealkylation sites (N-methyl/N-ethyl adjacent to an activating group) is 1. The number of aliphatic hydroxyl groups is 1. The monoisotopic (exact) mass is 429 g/mol. The summed E-state index contributed by atoms with van der Waals surface area (Å²) in [7, 11) is 1.68. The Kier molecular flexibility index (Phi) is 5.76. The summed E-state index contributed by atoms with van der Waals surface area (Å²) >= 11 is 0. The van der Waals surface area contributed by atoms with Crippen molar-refractivity contribution in [3.05, 3.63) is 23.8 Å². The van der Waals surface area contributed by atoms with E-state index < -0.39 is 18.1 Å². The number of carbonyl (C=O) groups excluding carboxylic acids is 3. The summed E-state index contributed by atoms with van der Waals surface area (Å²) < 4.78 is 5.26. The molecule has 0 aromatic heterocycles. The van der Waals surface area contributed by atoms with Crippen LogP contribution < -0.4 is 5.32 Å². The van der Waals surface area contributed by atoms with Crippen molar-refractivity contribution in [2.75, 3.05) is 13.7 Å².